The Hall–Kier alpha value is -1.74. The standard InChI is InChI=1S/C15H17FN2/c16-15-4-2-1-3-13(15)11-14(17)6-5-12-7-9-18-10-8-12/h1-4,7-10,14H,5-6,11,17H2. The zero-order valence-corrected chi connectivity index (χ0v) is 10.2. The minimum Gasteiger partial charge on any atom is -0.327 e. The second-order valence-electron chi connectivity index (χ2n) is 4.45. The number of hydrogen-bond donors (Lipinski definition) is 1. The fraction of sp³-hybridized carbons (Fsp3) is 0.267. The molecule has 0 aliphatic carbocycles. The predicted molar refractivity (Wildman–Crippen MR) is 70.6 cm³/mol. The van der Waals surface area contributed by atoms with Crippen LogP contribution in [0.25, 0.3) is 0 Å². The summed E-state index contributed by atoms with van der Waals surface area (Å²) in [6, 6.07) is 10.8. The van der Waals surface area contributed by atoms with Crippen molar-refractivity contribution < 1.29 is 4.39 Å². The molecule has 0 spiro atoms. The Morgan fingerprint density at radius 3 is 2.56 bits per heavy atom. The molecule has 1 unspecified atom stereocenters. The van der Waals surface area contributed by atoms with Gasteiger partial charge in [0.15, 0.2) is 0 Å². The number of nitrogens with two attached hydrogens (primary N) is 1. The van der Waals surface area contributed by atoms with Gasteiger partial charge in [-0.2, -0.15) is 0 Å². The second-order valence-corrected chi connectivity index (χ2v) is 4.45. The summed E-state index contributed by atoms with van der Waals surface area (Å²) in [6.07, 6.45) is 5.88. The van der Waals surface area contributed by atoms with Crippen molar-refractivity contribution in [3.8, 4) is 0 Å². The van der Waals surface area contributed by atoms with Crippen LogP contribution >= 0.6 is 0 Å². The molecule has 3 heteroatoms. The number of rotatable bonds is 5. The number of pyridine rings is 1. The van der Waals surface area contributed by atoms with Crippen molar-refractivity contribution in [2.45, 2.75) is 25.3 Å². The summed E-state index contributed by atoms with van der Waals surface area (Å²) < 4.78 is 13.4. The van der Waals surface area contributed by atoms with E-state index in [0.29, 0.717) is 12.0 Å². The maximum atomic E-state index is 13.4. The van der Waals surface area contributed by atoms with Gasteiger partial charge < -0.3 is 5.73 Å². The van der Waals surface area contributed by atoms with Crippen molar-refractivity contribution in [2.75, 3.05) is 0 Å². The van der Waals surface area contributed by atoms with Gasteiger partial charge in [0.05, 0.1) is 0 Å². The Kier molecular flexibility index (Phi) is 4.42. The number of aromatic nitrogens is 1. The molecule has 1 atom stereocenters. The highest BCUT2D eigenvalue weighted by atomic mass is 19.1. The Morgan fingerprint density at radius 2 is 1.83 bits per heavy atom. The van der Waals surface area contributed by atoms with E-state index in [1.54, 1.807) is 24.5 Å². The molecule has 94 valence electrons. The number of benzene rings is 1. The van der Waals surface area contributed by atoms with Gasteiger partial charge in [0.1, 0.15) is 5.82 Å². The summed E-state index contributed by atoms with van der Waals surface area (Å²) in [4.78, 5) is 3.97. The van der Waals surface area contributed by atoms with Crippen molar-refractivity contribution in [3.05, 3.63) is 65.7 Å². The Balaban J connectivity index is 1.86. The number of nitrogens with zero attached hydrogens (tertiary/aromatic N) is 1. The number of halogens is 1. The molecule has 0 aliphatic heterocycles. The van der Waals surface area contributed by atoms with Crippen LogP contribution in [-0.4, -0.2) is 11.0 Å². The molecule has 0 bridgehead atoms. The van der Waals surface area contributed by atoms with Crippen LogP contribution in [0.15, 0.2) is 48.8 Å². The normalized spacial score (nSPS) is 12.3. The lowest BCUT2D eigenvalue weighted by molar-refractivity contribution is 0.566. The average Bonchev–Trinajstić information content (AvgIpc) is 2.40. The fourth-order valence-corrected chi connectivity index (χ4v) is 1.95. The molecule has 2 aromatic rings. The van der Waals surface area contributed by atoms with E-state index in [1.807, 2.05) is 18.2 Å². The molecule has 0 amide bonds. The monoisotopic (exact) mass is 244 g/mol. The minimum absolute atomic E-state index is 0.0185. The third-order valence-corrected chi connectivity index (χ3v) is 2.99. The van der Waals surface area contributed by atoms with E-state index in [4.69, 9.17) is 5.73 Å². The van der Waals surface area contributed by atoms with Gasteiger partial charge >= 0.3 is 0 Å². The van der Waals surface area contributed by atoms with E-state index in [9.17, 15) is 4.39 Å². The molecule has 0 fully saturated rings. The van der Waals surface area contributed by atoms with Crippen LogP contribution in [0.2, 0.25) is 0 Å². The Labute approximate surface area is 107 Å². The highest BCUT2D eigenvalue weighted by Gasteiger charge is 2.07. The van der Waals surface area contributed by atoms with E-state index in [0.717, 1.165) is 12.8 Å². The molecule has 0 saturated carbocycles. The van der Waals surface area contributed by atoms with Gasteiger partial charge in [0.25, 0.3) is 0 Å². The van der Waals surface area contributed by atoms with Crippen LogP contribution in [0.1, 0.15) is 17.5 Å². The fourth-order valence-electron chi connectivity index (χ4n) is 1.95. The van der Waals surface area contributed by atoms with Gasteiger partial charge in [-0.3, -0.25) is 4.98 Å². The Bertz CT molecular complexity index is 485. The van der Waals surface area contributed by atoms with Crippen molar-refractivity contribution in [1.29, 1.82) is 0 Å². The quantitative estimate of drug-likeness (QED) is 0.878. The lowest BCUT2D eigenvalue weighted by Gasteiger charge is -2.12. The summed E-state index contributed by atoms with van der Waals surface area (Å²) in [5.41, 5.74) is 7.95. The third kappa shape index (κ3) is 3.64. The first-order valence-electron chi connectivity index (χ1n) is 6.13. The van der Waals surface area contributed by atoms with Gasteiger partial charge in [-0.15, -0.1) is 0 Å². The van der Waals surface area contributed by atoms with Gasteiger partial charge in [-0.25, -0.2) is 4.39 Å². The molecule has 1 aromatic carbocycles. The zero-order valence-electron chi connectivity index (χ0n) is 10.2. The van der Waals surface area contributed by atoms with Gasteiger partial charge in [-0.1, -0.05) is 18.2 Å². The zero-order chi connectivity index (χ0) is 12.8. The lowest BCUT2D eigenvalue weighted by atomic mass is 10.00. The number of hydrogen-bond acceptors (Lipinski definition) is 2. The molecule has 0 aliphatic rings. The van der Waals surface area contributed by atoms with Crippen LogP contribution < -0.4 is 5.73 Å². The predicted octanol–water partition coefficient (Wildman–Crippen LogP) is 2.72. The van der Waals surface area contributed by atoms with Crippen LogP contribution in [-0.2, 0) is 12.8 Å². The minimum atomic E-state index is -0.170. The first kappa shape index (κ1) is 12.7. The molecule has 1 aromatic heterocycles. The first-order chi connectivity index (χ1) is 8.75. The van der Waals surface area contributed by atoms with Crippen molar-refractivity contribution in [1.82, 2.24) is 4.98 Å². The van der Waals surface area contributed by atoms with Gasteiger partial charge in [0, 0.05) is 18.4 Å². The highest BCUT2D eigenvalue weighted by Crippen LogP contribution is 2.11. The smallest absolute Gasteiger partial charge is 0.126 e. The molecular weight excluding hydrogens is 227 g/mol. The van der Waals surface area contributed by atoms with Crippen molar-refractivity contribution in [2.24, 2.45) is 5.73 Å². The molecule has 2 rings (SSSR count). The molecule has 18 heavy (non-hydrogen) atoms. The van der Waals surface area contributed by atoms with Crippen LogP contribution in [0.5, 0.6) is 0 Å². The summed E-state index contributed by atoms with van der Waals surface area (Å²) >= 11 is 0. The maximum absolute atomic E-state index is 13.4. The van der Waals surface area contributed by atoms with Gasteiger partial charge in [0.2, 0.25) is 0 Å². The topological polar surface area (TPSA) is 38.9 Å². The summed E-state index contributed by atoms with van der Waals surface area (Å²) in [5.74, 6) is -0.170. The summed E-state index contributed by atoms with van der Waals surface area (Å²) in [6.45, 7) is 0. The second kappa shape index (κ2) is 6.26. The molecule has 0 saturated heterocycles. The third-order valence-electron chi connectivity index (χ3n) is 2.99. The summed E-state index contributed by atoms with van der Waals surface area (Å²) in [5, 5.41) is 0. The van der Waals surface area contributed by atoms with E-state index < -0.39 is 0 Å². The maximum Gasteiger partial charge on any atom is 0.126 e. The molecule has 0 radical (unpaired) electrons. The largest absolute Gasteiger partial charge is 0.327 e. The van der Waals surface area contributed by atoms with E-state index in [1.165, 1.54) is 11.6 Å². The molecule has 2 N–H and O–H groups in total. The van der Waals surface area contributed by atoms with E-state index >= 15 is 0 Å². The molecular formula is C15H17FN2. The van der Waals surface area contributed by atoms with Crippen LogP contribution in [0, 0.1) is 5.82 Å². The van der Waals surface area contributed by atoms with E-state index in [2.05, 4.69) is 4.98 Å². The van der Waals surface area contributed by atoms with Crippen molar-refractivity contribution >= 4 is 0 Å². The summed E-state index contributed by atoms with van der Waals surface area (Å²) in [7, 11) is 0. The number of aryl methyl sites for hydroxylation is 1. The van der Waals surface area contributed by atoms with Crippen LogP contribution in [0.4, 0.5) is 4.39 Å². The Morgan fingerprint density at radius 1 is 1.11 bits per heavy atom. The van der Waals surface area contributed by atoms with E-state index in [-0.39, 0.29) is 11.9 Å². The first-order valence-corrected chi connectivity index (χ1v) is 6.13. The average molecular weight is 244 g/mol. The van der Waals surface area contributed by atoms with Crippen LogP contribution in [0.3, 0.4) is 0 Å². The molecule has 2 nitrogen and oxygen atoms in total. The lowest BCUT2D eigenvalue weighted by Crippen LogP contribution is -2.24. The molecule has 1 heterocycles. The highest BCUT2D eigenvalue weighted by molar-refractivity contribution is 5.18. The SMILES string of the molecule is NC(CCc1ccncc1)Cc1ccccc1F. The van der Waals surface area contributed by atoms with Gasteiger partial charge in [-0.05, 0) is 48.6 Å². The van der Waals surface area contributed by atoms with Crippen molar-refractivity contribution in [3.63, 3.8) is 0 Å².